The van der Waals surface area contributed by atoms with Crippen molar-refractivity contribution in [1.29, 1.82) is 0 Å². The monoisotopic (exact) mass is 424 g/mol. The van der Waals surface area contributed by atoms with Gasteiger partial charge in [-0.3, -0.25) is 14.5 Å². The quantitative estimate of drug-likeness (QED) is 0.631. The van der Waals surface area contributed by atoms with E-state index in [-0.39, 0.29) is 17.9 Å². The number of likely N-dealkylation sites (N-methyl/N-ethyl adjacent to an activating group) is 1. The smallest absolute Gasteiger partial charge is 0.270 e. The van der Waals surface area contributed by atoms with Gasteiger partial charge in [0.2, 0.25) is 5.91 Å². The molecule has 156 valence electrons. The minimum atomic E-state index is -0.155. The van der Waals surface area contributed by atoms with Gasteiger partial charge in [-0.1, -0.05) is 18.2 Å². The summed E-state index contributed by atoms with van der Waals surface area (Å²) < 4.78 is 1.79. The average molecular weight is 425 g/mol. The summed E-state index contributed by atoms with van der Waals surface area (Å²) in [4.78, 5) is 30.7. The molecular weight excluding hydrogens is 400 g/mol. The molecule has 0 unspecified atom stereocenters. The van der Waals surface area contributed by atoms with Crippen molar-refractivity contribution in [3.8, 4) is 16.3 Å². The Kier molecular flexibility index (Phi) is 6.20. The van der Waals surface area contributed by atoms with E-state index < -0.39 is 0 Å². The Morgan fingerprint density at radius 1 is 1.20 bits per heavy atom. The molecule has 8 nitrogen and oxygen atoms in total. The molecule has 0 saturated carbocycles. The summed E-state index contributed by atoms with van der Waals surface area (Å²) in [6.45, 7) is 1.99. The van der Waals surface area contributed by atoms with Gasteiger partial charge in [0.25, 0.3) is 5.91 Å². The van der Waals surface area contributed by atoms with E-state index in [1.165, 1.54) is 11.3 Å². The lowest BCUT2D eigenvalue weighted by molar-refractivity contribution is -0.122. The fourth-order valence-electron chi connectivity index (χ4n) is 3.44. The van der Waals surface area contributed by atoms with Crippen molar-refractivity contribution in [2.45, 2.75) is 18.9 Å². The Labute approximate surface area is 178 Å². The summed E-state index contributed by atoms with van der Waals surface area (Å²) in [7, 11) is 1.64. The molecule has 4 rings (SSSR count). The summed E-state index contributed by atoms with van der Waals surface area (Å²) >= 11 is 1.43. The highest BCUT2D eigenvalue weighted by Crippen LogP contribution is 2.24. The van der Waals surface area contributed by atoms with Gasteiger partial charge >= 0.3 is 0 Å². The van der Waals surface area contributed by atoms with Crippen LogP contribution in [-0.4, -0.2) is 64.2 Å². The largest absolute Gasteiger partial charge is 0.358 e. The maximum absolute atomic E-state index is 12.6. The van der Waals surface area contributed by atoms with Crippen molar-refractivity contribution < 1.29 is 9.59 Å². The molecule has 0 atom stereocenters. The Morgan fingerprint density at radius 2 is 1.97 bits per heavy atom. The molecule has 1 aliphatic rings. The van der Waals surface area contributed by atoms with Gasteiger partial charge in [-0.25, -0.2) is 9.67 Å². The van der Waals surface area contributed by atoms with Crippen molar-refractivity contribution in [3.63, 3.8) is 0 Å². The number of carbonyl (C=O) groups excluding carboxylic acids is 2. The minimum Gasteiger partial charge on any atom is -0.358 e. The molecule has 2 aromatic heterocycles. The number of aromatic nitrogens is 3. The van der Waals surface area contributed by atoms with Crippen LogP contribution in [-0.2, 0) is 4.79 Å². The van der Waals surface area contributed by atoms with Crippen LogP contribution in [0.5, 0.6) is 0 Å². The first-order chi connectivity index (χ1) is 14.6. The molecule has 0 radical (unpaired) electrons. The van der Waals surface area contributed by atoms with Crippen LogP contribution in [0.4, 0.5) is 0 Å². The SMILES string of the molecule is CNC(=O)CN1CCC(NC(=O)c2csc(-c3cnn(-c4ccccc4)c3)n2)CC1. The maximum Gasteiger partial charge on any atom is 0.270 e. The summed E-state index contributed by atoms with van der Waals surface area (Å²) in [5.41, 5.74) is 2.28. The van der Waals surface area contributed by atoms with Gasteiger partial charge in [0.15, 0.2) is 0 Å². The van der Waals surface area contributed by atoms with E-state index in [0.29, 0.717) is 12.2 Å². The molecule has 0 bridgehead atoms. The number of piperidine rings is 1. The van der Waals surface area contributed by atoms with Crippen molar-refractivity contribution in [3.05, 3.63) is 53.8 Å². The number of amides is 2. The molecule has 2 amide bonds. The maximum atomic E-state index is 12.6. The van der Waals surface area contributed by atoms with Crippen LogP contribution < -0.4 is 10.6 Å². The van der Waals surface area contributed by atoms with Crippen LogP contribution in [0.1, 0.15) is 23.3 Å². The number of rotatable bonds is 6. The van der Waals surface area contributed by atoms with Crippen LogP contribution in [0.15, 0.2) is 48.1 Å². The molecule has 3 heterocycles. The number of hydrogen-bond donors (Lipinski definition) is 2. The number of para-hydroxylation sites is 1. The summed E-state index contributed by atoms with van der Waals surface area (Å²) in [6.07, 6.45) is 5.32. The molecule has 30 heavy (non-hydrogen) atoms. The number of benzene rings is 1. The van der Waals surface area contributed by atoms with Gasteiger partial charge in [0.05, 0.1) is 18.4 Å². The van der Waals surface area contributed by atoms with E-state index in [2.05, 4.69) is 25.6 Å². The second kappa shape index (κ2) is 9.19. The van der Waals surface area contributed by atoms with Crippen molar-refractivity contribution in [2.24, 2.45) is 0 Å². The zero-order chi connectivity index (χ0) is 20.9. The van der Waals surface area contributed by atoms with Gasteiger partial charge in [-0.15, -0.1) is 11.3 Å². The number of nitrogens with one attached hydrogen (secondary N) is 2. The van der Waals surface area contributed by atoms with Crippen molar-refractivity contribution >= 4 is 23.2 Å². The van der Waals surface area contributed by atoms with Gasteiger partial charge in [-0.2, -0.15) is 5.10 Å². The number of hydrogen-bond acceptors (Lipinski definition) is 6. The van der Waals surface area contributed by atoms with Crippen LogP contribution in [0.25, 0.3) is 16.3 Å². The molecule has 2 N–H and O–H groups in total. The topological polar surface area (TPSA) is 92.2 Å². The number of nitrogens with zero attached hydrogens (tertiary/aromatic N) is 4. The van der Waals surface area contributed by atoms with Crippen LogP contribution in [0, 0.1) is 0 Å². The van der Waals surface area contributed by atoms with E-state index in [1.807, 2.05) is 36.5 Å². The highest BCUT2D eigenvalue weighted by atomic mass is 32.1. The first kappa shape index (κ1) is 20.2. The van der Waals surface area contributed by atoms with Crippen LogP contribution >= 0.6 is 11.3 Å². The van der Waals surface area contributed by atoms with E-state index in [9.17, 15) is 9.59 Å². The Balaban J connectivity index is 1.34. The lowest BCUT2D eigenvalue weighted by Crippen LogP contribution is -2.47. The van der Waals surface area contributed by atoms with Gasteiger partial charge < -0.3 is 10.6 Å². The third kappa shape index (κ3) is 4.74. The zero-order valence-corrected chi connectivity index (χ0v) is 17.6. The number of thiazole rings is 1. The predicted molar refractivity (Wildman–Crippen MR) is 116 cm³/mol. The second-order valence-electron chi connectivity index (χ2n) is 7.24. The van der Waals surface area contributed by atoms with E-state index in [4.69, 9.17) is 0 Å². The second-order valence-corrected chi connectivity index (χ2v) is 8.10. The number of likely N-dealkylation sites (tertiary alicyclic amines) is 1. The van der Waals surface area contributed by atoms with E-state index in [1.54, 1.807) is 23.3 Å². The lowest BCUT2D eigenvalue weighted by atomic mass is 10.0. The van der Waals surface area contributed by atoms with Gasteiger partial charge in [0, 0.05) is 43.3 Å². The van der Waals surface area contributed by atoms with Crippen molar-refractivity contribution in [1.82, 2.24) is 30.3 Å². The Bertz CT molecular complexity index is 1010. The summed E-state index contributed by atoms with van der Waals surface area (Å²) in [5.74, 6) is -0.138. The first-order valence-corrected chi connectivity index (χ1v) is 10.8. The van der Waals surface area contributed by atoms with Gasteiger partial charge in [-0.05, 0) is 25.0 Å². The molecule has 0 aliphatic carbocycles. The molecular formula is C21H24N6O2S. The minimum absolute atomic E-state index is 0.0167. The van der Waals surface area contributed by atoms with Crippen molar-refractivity contribution in [2.75, 3.05) is 26.7 Å². The zero-order valence-electron chi connectivity index (χ0n) is 16.7. The normalized spacial score (nSPS) is 15.1. The predicted octanol–water partition coefficient (Wildman–Crippen LogP) is 1.94. The Hall–Kier alpha value is -3.04. The molecule has 1 aliphatic heterocycles. The molecule has 1 aromatic carbocycles. The Morgan fingerprint density at radius 3 is 2.70 bits per heavy atom. The molecule has 1 saturated heterocycles. The van der Waals surface area contributed by atoms with Gasteiger partial charge in [0.1, 0.15) is 10.7 Å². The standard InChI is InChI=1S/C21H24N6O2S/c1-22-19(28)13-26-9-7-16(8-10-26)24-20(29)18-14-30-21(25-18)15-11-23-27(12-15)17-5-3-2-4-6-17/h2-6,11-12,14,16H,7-10,13H2,1H3,(H,22,28)(H,24,29). The highest BCUT2D eigenvalue weighted by molar-refractivity contribution is 7.13. The van der Waals surface area contributed by atoms with Crippen LogP contribution in [0.3, 0.4) is 0 Å². The average Bonchev–Trinajstić information content (AvgIpc) is 3.45. The summed E-state index contributed by atoms with van der Waals surface area (Å²) in [5, 5.41) is 12.7. The molecule has 3 aromatic rings. The lowest BCUT2D eigenvalue weighted by Gasteiger charge is -2.31. The third-order valence-corrected chi connectivity index (χ3v) is 6.05. The third-order valence-electron chi connectivity index (χ3n) is 5.16. The van der Waals surface area contributed by atoms with E-state index in [0.717, 1.165) is 42.2 Å². The van der Waals surface area contributed by atoms with Crippen LogP contribution in [0.2, 0.25) is 0 Å². The fraction of sp³-hybridized carbons (Fsp3) is 0.333. The molecule has 0 spiro atoms. The number of carbonyl (C=O) groups is 2. The molecule has 9 heteroatoms. The first-order valence-electron chi connectivity index (χ1n) is 9.92. The van der Waals surface area contributed by atoms with E-state index >= 15 is 0 Å². The summed E-state index contributed by atoms with van der Waals surface area (Å²) in [6, 6.07) is 9.96. The fourth-order valence-corrected chi connectivity index (χ4v) is 4.22. The molecule has 1 fully saturated rings. The highest BCUT2D eigenvalue weighted by Gasteiger charge is 2.23.